The molecular weight excluding hydrogens is 1340 g/mol. The van der Waals surface area contributed by atoms with Crippen molar-refractivity contribution in [2.24, 2.45) is 4.30 Å². The molecule has 0 aliphatic rings. The van der Waals surface area contributed by atoms with E-state index in [1.165, 1.54) is 154 Å². The summed E-state index contributed by atoms with van der Waals surface area (Å²) in [5, 5.41) is 9.88. The number of fused-ring (bicyclic) bond motifs is 4. The molecule has 0 saturated carbocycles. The molecule has 0 N–H and O–H groups in total. The van der Waals surface area contributed by atoms with Gasteiger partial charge < -0.3 is 0 Å². The topological polar surface area (TPSA) is 12.4 Å². The van der Waals surface area contributed by atoms with Gasteiger partial charge in [0.25, 0.3) is 0 Å². The summed E-state index contributed by atoms with van der Waals surface area (Å²) in [6.07, 6.45) is 0. The minimum atomic E-state index is 0.961. The van der Waals surface area contributed by atoms with Crippen LogP contribution in [0.5, 0.6) is 0 Å². The number of aryl methyl sites for hydroxylation is 2. The van der Waals surface area contributed by atoms with Crippen LogP contribution in [0.3, 0.4) is 0 Å². The minimum absolute atomic E-state index is 0.961. The van der Waals surface area contributed by atoms with Crippen molar-refractivity contribution >= 4 is 79.5 Å². The van der Waals surface area contributed by atoms with Crippen molar-refractivity contribution in [1.29, 1.82) is 0 Å². The number of nitrogens with zero attached hydrogens (tertiary/aromatic N) is 1. The van der Waals surface area contributed by atoms with Gasteiger partial charge in [0.05, 0.1) is 0 Å². The Morgan fingerprint density at radius 3 is 0.769 bits per heavy atom. The van der Waals surface area contributed by atoms with Gasteiger partial charge >= 0.3 is 24.8 Å². The Labute approximate surface area is 625 Å². The first-order valence-electron chi connectivity index (χ1n) is 34.6. The van der Waals surface area contributed by atoms with Crippen LogP contribution in [0.4, 0.5) is 0 Å². The van der Waals surface area contributed by atoms with Crippen LogP contribution in [0.1, 0.15) is 36.1 Å². The molecule has 1 radical (unpaired) electrons. The van der Waals surface area contributed by atoms with E-state index in [-0.39, 0.29) is 0 Å². The molecule has 4 heteroatoms. The molecule has 0 atom stereocenters. The third-order valence-electron chi connectivity index (χ3n) is 18.9. The zero-order chi connectivity index (χ0) is 71.3. The Kier molecular flexibility index (Phi) is 21.1. The van der Waals surface area contributed by atoms with Crippen molar-refractivity contribution in [1.82, 2.24) is 0 Å². The molecule has 0 aromatic heterocycles. The van der Waals surface area contributed by atoms with Gasteiger partial charge in [-0.15, -0.1) is 0 Å². The van der Waals surface area contributed by atoms with E-state index in [1.54, 1.807) is 13.8 Å². The number of thiol groups is 1. The molecule has 0 fully saturated rings. The van der Waals surface area contributed by atoms with Crippen molar-refractivity contribution in [2.45, 2.75) is 27.7 Å². The van der Waals surface area contributed by atoms with E-state index in [9.17, 15) is 0 Å². The van der Waals surface area contributed by atoms with Crippen molar-refractivity contribution in [2.75, 3.05) is 0 Å². The number of benzene rings is 16. The molecule has 16 rings (SSSR count). The molecule has 0 bridgehead atoms. The standard InChI is InChI=1S/C50H33Br.C50H34.BHNS/c1-3-4-5-10-35-17-21-37(22-18-35)39-25-29-41(30-26-39)43-31-42(40-27-23-38(24-28-40)36-19-15-34(2)16-20-36)32-44(33-43)49-45-11-6-8-13-47(45)50(51)48-14-9-7-12-46(48)49;1-3-4-5-10-36-17-21-38(22-18-36)40-25-29-42(30-26-40)46-32-45(41-27-23-39(24-28-41)37-19-15-35(2)16-20-37)33-47(34-46)50-48-13-8-6-11-43(48)31-44-12-7-9-14-49(44)50;1-2-3/h6-9,11-33H,1-2H3;6-9,11-34H,1-2H3;3H. The van der Waals surface area contributed by atoms with E-state index in [4.69, 9.17) is 0 Å². The van der Waals surface area contributed by atoms with Crippen LogP contribution < -0.4 is 0 Å². The molecule has 16 aromatic carbocycles. The number of rotatable bonds is 10. The summed E-state index contributed by atoms with van der Waals surface area (Å²) >= 11 is 7.14. The first kappa shape index (κ1) is 68.6. The molecule has 0 unspecified atom stereocenters. The van der Waals surface area contributed by atoms with Crippen molar-refractivity contribution in [3.8, 4) is 159 Å². The van der Waals surface area contributed by atoms with Crippen LogP contribution in [0.2, 0.25) is 0 Å². The average Bonchev–Trinajstić information content (AvgIpc) is 0.755. The molecular formula is C100H68BBrNS. The Balaban J connectivity index is 0.000000169. The first-order valence-corrected chi connectivity index (χ1v) is 35.8. The SMILES string of the molecule is CC#CC#Cc1ccc(-c2ccc(-c3cc(-c4ccc(-c5ccc(C)cc5)cc4)cc(-c4c5ccccc5c(Br)c5ccccc45)c3)cc2)cc1.CC#CC#Cc1ccc(-c2ccc(-c3cc(-c4ccc(-c5ccc(C)cc5)cc4)cc(-c4c5ccccc5cc5ccccc45)c3)cc2)cc1.[B]=NS. The molecule has 489 valence electrons. The molecule has 16 aromatic rings. The normalized spacial score (nSPS) is 10.5. The second-order valence-corrected chi connectivity index (χ2v) is 26.7. The quantitative estimate of drug-likeness (QED) is 0.0606. The van der Waals surface area contributed by atoms with E-state index >= 15 is 0 Å². The summed E-state index contributed by atoms with van der Waals surface area (Å²) in [7, 11) is 4.34. The van der Waals surface area contributed by atoms with Crippen molar-refractivity contribution in [3.05, 3.63) is 360 Å². The second kappa shape index (κ2) is 32.0. The molecule has 104 heavy (non-hydrogen) atoms. The molecule has 0 aliphatic carbocycles. The van der Waals surface area contributed by atoms with Gasteiger partial charge in [-0.3, -0.25) is 0 Å². The molecule has 0 amide bonds. The van der Waals surface area contributed by atoms with E-state index in [0.29, 0.717) is 0 Å². The van der Waals surface area contributed by atoms with Crippen LogP contribution >= 0.6 is 28.7 Å². The molecule has 0 spiro atoms. The Hall–Kier alpha value is -12.5. The van der Waals surface area contributed by atoms with Gasteiger partial charge in [0.2, 0.25) is 0 Å². The Morgan fingerprint density at radius 2 is 0.481 bits per heavy atom. The van der Waals surface area contributed by atoms with Crippen LogP contribution in [-0.2, 0) is 0 Å². The summed E-state index contributed by atoms with van der Waals surface area (Å²) in [6, 6.07) is 121. The van der Waals surface area contributed by atoms with Crippen LogP contribution in [0.25, 0.3) is 154 Å². The monoisotopic (exact) mass is 1400 g/mol. The van der Waals surface area contributed by atoms with Gasteiger partial charge in [0, 0.05) is 15.6 Å². The average molecular weight is 1410 g/mol. The maximum atomic E-state index is 4.34. The summed E-state index contributed by atoms with van der Waals surface area (Å²) in [5.74, 6) is 23.3. The predicted molar refractivity (Wildman–Crippen MR) is 452 cm³/mol. The van der Waals surface area contributed by atoms with Gasteiger partial charge in [-0.1, -0.05) is 302 Å². The fraction of sp³-hybridized carbons (Fsp3) is 0.0400. The van der Waals surface area contributed by atoms with E-state index in [1.807, 2.05) is 0 Å². The third kappa shape index (κ3) is 15.4. The fourth-order valence-electron chi connectivity index (χ4n) is 13.7. The van der Waals surface area contributed by atoms with E-state index < -0.39 is 0 Å². The summed E-state index contributed by atoms with van der Waals surface area (Å²) in [4.78, 5) is 0. The summed E-state index contributed by atoms with van der Waals surface area (Å²) in [5.41, 5.74) is 28.4. The summed E-state index contributed by atoms with van der Waals surface area (Å²) < 4.78 is 3.82. The Morgan fingerprint density at radius 1 is 0.260 bits per heavy atom. The van der Waals surface area contributed by atoms with Gasteiger partial charge in [0.1, 0.15) is 0 Å². The van der Waals surface area contributed by atoms with E-state index in [0.717, 1.165) is 26.7 Å². The molecule has 1 nitrogen and oxygen atoms in total. The van der Waals surface area contributed by atoms with Crippen molar-refractivity contribution in [3.63, 3.8) is 0 Å². The van der Waals surface area contributed by atoms with Crippen molar-refractivity contribution < 1.29 is 0 Å². The van der Waals surface area contributed by atoms with Gasteiger partial charge in [-0.2, -0.15) is 0 Å². The number of hydrogen-bond donors (Lipinski definition) is 1. The Bertz CT molecular complexity index is 6020. The maximum absolute atomic E-state index is 4.34. The van der Waals surface area contributed by atoms with Gasteiger partial charge in [-0.05, 0) is 288 Å². The van der Waals surface area contributed by atoms with Gasteiger partial charge in [0.15, 0.2) is 0 Å². The predicted octanol–water partition coefficient (Wildman–Crippen LogP) is 27.0. The van der Waals surface area contributed by atoms with Gasteiger partial charge in [-0.25, -0.2) is 0 Å². The molecule has 0 aliphatic heterocycles. The number of halogens is 1. The zero-order valence-electron chi connectivity index (χ0n) is 58.1. The molecule has 0 saturated heterocycles. The number of hydrogen-bond acceptors (Lipinski definition) is 2. The summed E-state index contributed by atoms with van der Waals surface area (Å²) in [6.45, 7) is 7.85. The zero-order valence-corrected chi connectivity index (χ0v) is 60.6. The fourth-order valence-corrected chi connectivity index (χ4v) is 14.3. The van der Waals surface area contributed by atoms with Crippen LogP contribution in [0.15, 0.2) is 342 Å². The first-order chi connectivity index (χ1) is 51.1. The second-order valence-electron chi connectivity index (χ2n) is 25.6. The van der Waals surface area contributed by atoms with E-state index in [2.05, 4.69) is 436 Å². The van der Waals surface area contributed by atoms with Crippen LogP contribution in [0, 0.1) is 61.2 Å². The van der Waals surface area contributed by atoms with Crippen LogP contribution in [-0.4, -0.2) is 7.64 Å². The molecule has 0 heterocycles. The third-order valence-corrected chi connectivity index (χ3v) is 19.8.